The van der Waals surface area contributed by atoms with E-state index in [0.29, 0.717) is 5.69 Å². The minimum Gasteiger partial charge on any atom is -0.384 e. The van der Waals surface area contributed by atoms with Crippen LogP contribution >= 0.6 is 0 Å². The largest absolute Gasteiger partial charge is 0.384 e. The number of nitrogens with one attached hydrogen (secondary N) is 2. The van der Waals surface area contributed by atoms with Crippen LogP contribution in [0.4, 0.5) is 5.69 Å². The summed E-state index contributed by atoms with van der Waals surface area (Å²) in [5.74, 6) is -0.0312. The van der Waals surface area contributed by atoms with Crippen LogP contribution in [0.15, 0.2) is 29.2 Å². The van der Waals surface area contributed by atoms with Crippen molar-refractivity contribution in [3.8, 4) is 0 Å². The fraction of sp³-hybridized carbons (Fsp3) is 0.455. The molecule has 1 aromatic rings. The lowest BCUT2D eigenvalue weighted by atomic mass is 10.3. The Hall–Kier alpha value is -1.16. The van der Waals surface area contributed by atoms with Crippen LogP contribution < -0.4 is 10.0 Å². The average molecular weight is 321 g/mol. The molecule has 0 aromatic heterocycles. The highest BCUT2D eigenvalue weighted by Gasteiger charge is 2.13. The molecule has 9 heteroatoms. The Morgan fingerprint density at radius 3 is 2.05 bits per heavy atom. The molecule has 0 heterocycles. The molecule has 0 aliphatic heterocycles. The monoisotopic (exact) mass is 321 g/mol. The van der Waals surface area contributed by atoms with Gasteiger partial charge in [-0.05, 0) is 31.3 Å². The van der Waals surface area contributed by atoms with Gasteiger partial charge in [-0.25, -0.2) is 25.9 Å². The van der Waals surface area contributed by atoms with E-state index in [1.54, 1.807) is 12.1 Å². The van der Waals surface area contributed by atoms with Crippen molar-refractivity contribution in [2.24, 2.45) is 0 Å². The first-order valence-electron chi connectivity index (χ1n) is 5.87. The van der Waals surface area contributed by atoms with Gasteiger partial charge < -0.3 is 5.32 Å². The van der Waals surface area contributed by atoms with Crippen molar-refractivity contribution in [2.45, 2.75) is 4.90 Å². The lowest BCUT2D eigenvalue weighted by Crippen LogP contribution is -2.28. The molecule has 0 fully saturated rings. The van der Waals surface area contributed by atoms with E-state index in [9.17, 15) is 16.8 Å². The molecule has 0 bridgehead atoms. The summed E-state index contributed by atoms with van der Waals surface area (Å²) >= 11 is 0. The van der Waals surface area contributed by atoms with Crippen molar-refractivity contribution in [3.63, 3.8) is 0 Å². The van der Waals surface area contributed by atoms with Gasteiger partial charge >= 0.3 is 0 Å². The fourth-order valence-corrected chi connectivity index (χ4v) is 2.83. The standard InChI is InChI=1S/C11H19N3O4S2/c1-12-20(17,18)11-6-4-10(5-7-11)13-8-9-19(15,16)14(2)3/h4-7,12-13H,8-9H2,1-3H3. The first-order chi connectivity index (χ1) is 9.19. The third-order valence-electron chi connectivity index (χ3n) is 2.68. The summed E-state index contributed by atoms with van der Waals surface area (Å²) in [5, 5.41) is 2.93. The Morgan fingerprint density at radius 2 is 1.60 bits per heavy atom. The van der Waals surface area contributed by atoms with Crippen LogP contribution in [0.25, 0.3) is 0 Å². The molecule has 1 rings (SSSR count). The molecule has 20 heavy (non-hydrogen) atoms. The van der Waals surface area contributed by atoms with E-state index in [2.05, 4.69) is 10.0 Å². The van der Waals surface area contributed by atoms with Gasteiger partial charge in [-0.1, -0.05) is 0 Å². The zero-order valence-electron chi connectivity index (χ0n) is 11.6. The minimum absolute atomic E-state index is 0.0312. The molecule has 0 amide bonds. The second-order valence-corrected chi connectivity index (χ2v) is 8.45. The van der Waals surface area contributed by atoms with E-state index in [4.69, 9.17) is 0 Å². The molecule has 2 N–H and O–H groups in total. The summed E-state index contributed by atoms with van der Waals surface area (Å²) in [6.45, 7) is 0.249. The highest BCUT2D eigenvalue weighted by molar-refractivity contribution is 7.89. The van der Waals surface area contributed by atoms with Crippen molar-refractivity contribution < 1.29 is 16.8 Å². The van der Waals surface area contributed by atoms with Crippen molar-refractivity contribution in [1.82, 2.24) is 9.03 Å². The predicted octanol–water partition coefficient (Wildman–Crippen LogP) is -0.102. The maximum Gasteiger partial charge on any atom is 0.240 e. The third kappa shape index (κ3) is 4.44. The number of anilines is 1. The summed E-state index contributed by atoms with van der Waals surface area (Å²) in [5.41, 5.74) is 0.661. The van der Waals surface area contributed by atoms with Crippen LogP contribution in [0, 0.1) is 0 Å². The van der Waals surface area contributed by atoms with Crippen molar-refractivity contribution in [2.75, 3.05) is 38.8 Å². The van der Waals surface area contributed by atoms with E-state index in [-0.39, 0.29) is 17.2 Å². The maximum atomic E-state index is 11.5. The molecule has 0 saturated carbocycles. The van der Waals surface area contributed by atoms with Crippen molar-refractivity contribution >= 4 is 25.7 Å². The first kappa shape index (κ1) is 16.9. The topological polar surface area (TPSA) is 95.6 Å². The normalized spacial score (nSPS) is 12.6. The summed E-state index contributed by atoms with van der Waals surface area (Å²) in [4.78, 5) is 0.159. The van der Waals surface area contributed by atoms with E-state index in [0.717, 1.165) is 4.31 Å². The second kappa shape index (κ2) is 6.53. The Bertz CT molecular complexity index is 637. The fourth-order valence-electron chi connectivity index (χ4n) is 1.38. The smallest absolute Gasteiger partial charge is 0.240 e. The van der Waals surface area contributed by atoms with Crippen LogP contribution in [0.2, 0.25) is 0 Å². The number of sulfonamides is 2. The average Bonchev–Trinajstić information content (AvgIpc) is 2.39. The van der Waals surface area contributed by atoms with Crippen LogP contribution in [-0.4, -0.2) is 54.6 Å². The van der Waals surface area contributed by atoms with Crippen molar-refractivity contribution in [1.29, 1.82) is 0 Å². The van der Waals surface area contributed by atoms with Crippen LogP contribution in [0.1, 0.15) is 0 Å². The Kier molecular flexibility index (Phi) is 5.51. The molecule has 0 aliphatic rings. The van der Waals surface area contributed by atoms with Crippen molar-refractivity contribution in [3.05, 3.63) is 24.3 Å². The van der Waals surface area contributed by atoms with Gasteiger partial charge in [0.25, 0.3) is 0 Å². The van der Waals surface area contributed by atoms with Gasteiger partial charge in [0, 0.05) is 26.3 Å². The van der Waals surface area contributed by atoms with E-state index in [1.165, 1.54) is 33.3 Å². The van der Waals surface area contributed by atoms with E-state index in [1.807, 2.05) is 0 Å². The Morgan fingerprint density at radius 1 is 1.05 bits per heavy atom. The number of benzene rings is 1. The molecule has 0 atom stereocenters. The Balaban J connectivity index is 2.64. The number of hydrogen-bond donors (Lipinski definition) is 2. The summed E-state index contributed by atoms with van der Waals surface area (Å²) < 4.78 is 49.5. The third-order valence-corrected chi connectivity index (χ3v) is 5.94. The van der Waals surface area contributed by atoms with Gasteiger partial charge in [-0.15, -0.1) is 0 Å². The molecule has 7 nitrogen and oxygen atoms in total. The predicted molar refractivity (Wildman–Crippen MR) is 78.7 cm³/mol. The quantitative estimate of drug-likeness (QED) is 0.731. The van der Waals surface area contributed by atoms with E-state index < -0.39 is 20.0 Å². The molecule has 0 spiro atoms. The second-order valence-electron chi connectivity index (χ2n) is 4.26. The highest BCUT2D eigenvalue weighted by atomic mass is 32.2. The molecular formula is C11H19N3O4S2. The number of hydrogen-bond acceptors (Lipinski definition) is 5. The van der Waals surface area contributed by atoms with Gasteiger partial charge in [0.1, 0.15) is 0 Å². The van der Waals surface area contributed by atoms with Gasteiger partial charge in [0.05, 0.1) is 10.6 Å². The molecule has 1 aromatic carbocycles. The SMILES string of the molecule is CNS(=O)(=O)c1ccc(NCCS(=O)(=O)N(C)C)cc1. The molecule has 0 aliphatic carbocycles. The van der Waals surface area contributed by atoms with Gasteiger partial charge in [0.2, 0.25) is 20.0 Å². The number of rotatable bonds is 7. The molecular weight excluding hydrogens is 302 g/mol. The molecule has 0 saturated heterocycles. The summed E-state index contributed by atoms with van der Waals surface area (Å²) in [6.07, 6.45) is 0. The lowest BCUT2D eigenvalue weighted by molar-refractivity contribution is 0.521. The zero-order valence-corrected chi connectivity index (χ0v) is 13.3. The Labute approximate surface area is 120 Å². The number of nitrogens with zero attached hydrogens (tertiary/aromatic N) is 1. The van der Waals surface area contributed by atoms with Crippen LogP contribution in [-0.2, 0) is 20.0 Å². The highest BCUT2D eigenvalue weighted by Crippen LogP contribution is 2.13. The van der Waals surface area contributed by atoms with Gasteiger partial charge in [-0.2, -0.15) is 0 Å². The van der Waals surface area contributed by atoms with E-state index >= 15 is 0 Å². The van der Waals surface area contributed by atoms with Gasteiger partial charge in [-0.3, -0.25) is 0 Å². The minimum atomic E-state index is -3.45. The lowest BCUT2D eigenvalue weighted by Gasteiger charge is -2.12. The first-order valence-corrected chi connectivity index (χ1v) is 8.96. The van der Waals surface area contributed by atoms with Crippen LogP contribution in [0.5, 0.6) is 0 Å². The summed E-state index contributed by atoms with van der Waals surface area (Å²) in [7, 11) is -2.39. The molecule has 0 unspecified atom stereocenters. The zero-order chi connectivity index (χ0) is 15.4. The van der Waals surface area contributed by atoms with Crippen LogP contribution in [0.3, 0.4) is 0 Å². The van der Waals surface area contributed by atoms with Gasteiger partial charge in [0.15, 0.2) is 0 Å². The molecule has 0 radical (unpaired) electrons. The summed E-state index contributed by atoms with van der Waals surface area (Å²) in [6, 6.07) is 6.09. The molecule has 114 valence electrons. The maximum absolute atomic E-state index is 11.5.